The highest BCUT2D eigenvalue weighted by Gasteiger charge is 2.37. The van der Waals surface area contributed by atoms with Crippen LogP contribution in [0.2, 0.25) is 0 Å². The number of urea groups is 1. The minimum absolute atomic E-state index is 0.00876. The molecule has 0 aromatic heterocycles. The molecule has 1 aromatic rings. The predicted molar refractivity (Wildman–Crippen MR) is 67.5 cm³/mol. The second-order valence-corrected chi connectivity index (χ2v) is 4.41. The summed E-state index contributed by atoms with van der Waals surface area (Å²) in [6.07, 6.45) is 1.62. The number of carbonyl (C=O) groups is 2. The summed E-state index contributed by atoms with van der Waals surface area (Å²) in [5.74, 6) is -1.03. The van der Waals surface area contributed by atoms with Crippen molar-refractivity contribution in [2.45, 2.75) is 18.9 Å². The second-order valence-electron chi connectivity index (χ2n) is 4.41. The third-order valence-electron chi connectivity index (χ3n) is 2.94. The van der Waals surface area contributed by atoms with E-state index < -0.39 is 18.0 Å². The van der Waals surface area contributed by atoms with Gasteiger partial charge in [0, 0.05) is 0 Å². The molecule has 1 aliphatic rings. The Hall–Kier alpha value is -2.55. The Morgan fingerprint density at radius 3 is 2.63 bits per heavy atom. The molecule has 0 spiro atoms. The minimum atomic E-state index is -1.04. The maximum Gasteiger partial charge on any atom is 0.326 e. The molecular formula is C13H13N3O3. The topological polar surface area (TPSA) is 102 Å². The Morgan fingerprint density at radius 1 is 1.37 bits per heavy atom. The number of benzene rings is 1. The SMILES string of the molecule is N#Cc1ccccc1NC(=O)NC(C(=O)O)C1CC1. The number of rotatable bonds is 4. The lowest BCUT2D eigenvalue weighted by molar-refractivity contribution is -0.139. The van der Waals surface area contributed by atoms with E-state index in [-0.39, 0.29) is 5.92 Å². The fraction of sp³-hybridized carbons (Fsp3) is 0.308. The summed E-state index contributed by atoms with van der Waals surface area (Å²) in [4.78, 5) is 22.7. The van der Waals surface area contributed by atoms with Gasteiger partial charge in [0.2, 0.25) is 0 Å². The highest BCUT2D eigenvalue weighted by molar-refractivity contribution is 5.93. The third kappa shape index (κ3) is 3.22. The standard InChI is InChI=1S/C13H13N3O3/c14-7-9-3-1-2-4-10(9)15-13(19)16-11(12(17)18)8-5-6-8/h1-4,8,11H,5-6H2,(H,17,18)(H2,15,16,19). The van der Waals surface area contributed by atoms with Crippen molar-refractivity contribution in [2.24, 2.45) is 5.92 Å². The number of nitrogens with zero attached hydrogens (tertiary/aromatic N) is 1. The Kier molecular flexibility index (Phi) is 3.66. The Morgan fingerprint density at radius 2 is 2.05 bits per heavy atom. The zero-order valence-corrected chi connectivity index (χ0v) is 10.1. The Balaban J connectivity index is 2.01. The van der Waals surface area contributed by atoms with Gasteiger partial charge in [0.1, 0.15) is 12.1 Å². The van der Waals surface area contributed by atoms with E-state index in [1.54, 1.807) is 24.3 Å². The van der Waals surface area contributed by atoms with E-state index in [1.165, 1.54) is 0 Å². The second kappa shape index (κ2) is 5.40. The summed E-state index contributed by atoms with van der Waals surface area (Å²) in [5.41, 5.74) is 0.693. The van der Waals surface area contributed by atoms with Gasteiger partial charge in [-0.25, -0.2) is 9.59 Å². The Labute approximate surface area is 110 Å². The molecule has 6 nitrogen and oxygen atoms in total. The molecule has 6 heteroatoms. The fourth-order valence-electron chi connectivity index (χ4n) is 1.80. The van der Waals surface area contributed by atoms with Gasteiger partial charge in [-0.3, -0.25) is 0 Å². The van der Waals surface area contributed by atoms with Gasteiger partial charge in [-0.05, 0) is 30.9 Å². The summed E-state index contributed by atoms with van der Waals surface area (Å²) in [5, 5.41) is 22.8. The van der Waals surface area contributed by atoms with Crippen LogP contribution in [0.4, 0.5) is 10.5 Å². The van der Waals surface area contributed by atoms with Gasteiger partial charge in [0.25, 0.3) is 0 Å². The van der Waals surface area contributed by atoms with E-state index in [9.17, 15) is 9.59 Å². The first kappa shape index (κ1) is 12.9. The number of hydrogen-bond acceptors (Lipinski definition) is 3. The number of anilines is 1. The molecule has 1 aromatic carbocycles. The number of amides is 2. The van der Waals surface area contributed by atoms with Crippen LogP contribution in [0, 0.1) is 17.2 Å². The smallest absolute Gasteiger partial charge is 0.326 e. The number of nitrogens with one attached hydrogen (secondary N) is 2. The van der Waals surface area contributed by atoms with Crippen LogP contribution in [-0.4, -0.2) is 23.1 Å². The van der Waals surface area contributed by atoms with E-state index in [1.807, 2.05) is 6.07 Å². The molecule has 1 unspecified atom stereocenters. The maximum atomic E-state index is 11.7. The highest BCUT2D eigenvalue weighted by Crippen LogP contribution is 2.32. The lowest BCUT2D eigenvalue weighted by Crippen LogP contribution is -2.44. The first-order chi connectivity index (χ1) is 9.11. The van der Waals surface area contributed by atoms with E-state index in [2.05, 4.69) is 10.6 Å². The van der Waals surface area contributed by atoms with Gasteiger partial charge in [-0.1, -0.05) is 12.1 Å². The molecule has 2 rings (SSSR count). The summed E-state index contributed by atoms with van der Waals surface area (Å²) < 4.78 is 0. The summed E-state index contributed by atoms with van der Waals surface area (Å²) in [6, 6.07) is 7.01. The van der Waals surface area contributed by atoms with Crippen molar-refractivity contribution >= 4 is 17.7 Å². The first-order valence-electron chi connectivity index (χ1n) is 5.91. The Bertz CT molecular complexity index is 546. The van der Waals surface area contributed by atoms with E-state index in [0.29, 0.717) is 11.3 Å². The predicted octanol–water partition coefficient (Wildman–Crippen LogP) is 1.54. The lowest BCUT2D eigenvalue weighted by Gasteiger charge is -2.14. The molecule has 2 amide bonds. The van der Waals surface area contributed by atoms with Crippen LogP contribution in [0.3, 0.4) is 0 Å². The zero-order chi connectivity index (χ0) is 13.8. The average Bonchev–Trinajstić information content (AvgIpc) is 3.20. The van der Waals surface area contributed by atoms with Gasteiger partial charge in [-0.2, -0.15) is 5.26 Å². The van der Waals surface area contributed by atoms with Crippen molar-refractivity contribution in [1.82, 2.24) is 5.32 Å². The largest absolute Gasteiger partial charge is 0.480 e. The van der Waals surface area contributed by atoms with Gasteiger partial charge in [0.05, 0.1) is 11.3 Å². The van der Waals surface area contributed by atoms with Gasteiger partial charge < -0.3 is 15.7 Å². The molecule has 1 saturated carbocycles. The van der Waals surface area contributed by atoms with Crippen molar-refractivity contribution in [3.8, 4) is 6.07 Å². The first-order valence-corrected chi connectivity index (χ1v) is 5.91. The van der Waals surface area contributed by atoms with Gasteiger partial charge >= 0.3 is 12.0 Å². The molecule has 3 N–H and O–H groups in total. The quantitative estimate of drug-likeness (QED) is 0.763. The molecule has 1 fully saturated rings. The van der Waals surface area contributed by atoms with Crippen molar-refractivity contribution < 1.29 is 14.7 Å². The van der Waals surface area contributed by atoms with E-state index in [0.717, 1.165) is 12.8 Å². The van der Waals surface area contributed by atoms with Crippen LogP contribution in [0.15, 0.2) is 24.3 Å². The van der Waals surface area contributed by atoms with Gasteiger partial charge in [0.15, 0.2) is 0 Å². The minimum Gasteiger partial charge on any atom is -0.480 e. The molecule has 0 aliphatic heterocycles. The van der Waals surface area contributed by atoms with Crippen molar-refractivity contribution in [3.63, 3.8) is 0 Å². The summed E-state index contributed by atoms with van der Waals surface area (Å²) >= 11 is 0. The number of aliphatic carboxylic acids is 1. The number of carbonyl (C=O) groups excluding carboxylic acids is 1. The van der Waals surface area contributed by atoms with E-state index >= 15 is 0 Å². The number of nitriles is 1. The number of carboxylic acid groups (broad SMARTS) is 1. The highest BCUT2D eigenvalue weighted by atomic mass is 16.4. The molecular weight excluding hydrogens is 246 g/mol. The number of carboxylic acids is 1. The normalized spacial score (nSPS) is 15.1. The van der Waals surface area contributed by atoms with Crippen LogP contribution >= 0.6 is 0 Å². The number of hydrogen-bond donors (Lipinski definition) is 3. The van der Waals surface area contributed by atoms with Crippen LogP contribution in [0.25, 0.3) is 0 Å². The lowest BCUT2D eigenvalue weighted by atomic mass is 10.2. The maximum absolute atomic E-state index is 11.7. The monoisotopic (exact) mass is 259 g/mol. The number of para-hydroxylation sites is 1. The average molecular weight is 259 g/mol. The zero-order valence-electron chi connectivity index (χ0n) is 10.1. The molecule has 1 aliphatic carbocycles. The summed E-state index contributed by atoms with van der Waals surface area (Å²) in [7, 11) is 0. The van der Waals surface area contributed by atoms with Crippen molar-refractivity contribution in [3.05, 3.63) is 29.8 Å². The molecule has 19 heavy (non-hydrogen) atoms. The molecule has 1 atom stereocenters. The van der Waals surface area contributed by atoms with Crippen LogP contribution in [-0.2, 0) is 4.79 Å². The van der Waals surface area contributed by atoms with Gasteiger partial charge in [-0.15, -0.1) is 0 Å². The van der Waals surface area contributed by atoms with E-state index in [4.69, 9.17) is 10.4 Å². The molecule has 0 saturated heterocycles. The van der Waals surface area contributed by atoms with Crippen LogP contribution in [0.5, 0.6) is 0 Å². The third-order valence-corrected chi connectivity index (χ3v) is 2.94. The molecule has 0 radical (unpaired) electrons. The van der Waals surface area contributed by atoms with Crippen LogP contribution in [0.1, 0.15) is 18.4 Å². The van der Waals surface area contributed by atoms with Crippen LogP contribution < -0.4 is 10.6 Å². The summed E-state index contributed by atoms with van der Waals surface area (Å²) in [6.45, 7) is 0. The fourth-order valence-corrected chi connectivity index (χ4v) is 1.80. The molecule has 0 bridgehead atoms. The molecule has 0 heterocycles. The van der Waals surface area contributed by atoms with Crippen molar-refractivity contribution in [1.29, 1.82) is 5.26 Å². The molecule has 98 valence electrons. The van der Waals surface area contributed by atoms with Crippen molar-refractivity contribution in [2.75, 3.05) is 5.32 Å².